The Kier molecular flexibility index (Phi) is 2.34. The molecule has 0 heterocycles. The normalized spacial score (nSPS) is 9.00. The first-order chi connectivity index (χ1) is 4.33. The molecule has 0 saturated heterocycles. The van der Waals surface area contributed by atoms with Gasteiger partial charge in [0.25, 0.3) is 0 Å². The molecule has 0 saturated carbocycles. The van der Waals surface area contributed by atoms with Crippen LogP contribution in [0.4, 0.5) is 0 Å². The van der Waals surface area contributed by atoms with E-state index in [1.165, 1.54) is 31.7 Å². The monoisotopic (exact) mass is 224 g/mol. The molecule has 0 unspecified atom stereocenters. The molecule has 1 aromatic carbocycles. The Hall–Kier alpha value is -0.241. The minimum absolute atomic E-state index is 1.19. The van der Waals surface area contributed by atoms with E-state index in [9.17, 15) is 0 Å². The molecule has 0 atom stereocenters. The predicted molar refractivity (Wildman–Crippen MR) is 43.3 cm³/mol. The van der Waals surface area contributed by atoms with E-state index in [1.807, 2.05) is 6.08 Å². The van der Waals surface area contributed by atoms with Gasteiger partial charge in [-0.1, -0.05) is 0 Å². The summed E-state index contributed by atoms with van der Waals surface area (Å²) in [6, 6.07) is 8.43. The van der Waals surface area contributed by atoms with E-state index in [0.717, 1.165) is 0 Å². The van der Waals surface area contributed by atoms with Crippen molar-refractivity contribution >= 4 is 32.2 Å². The molecule has 1 heteroatoms. The fraction of sp³-hybridized carbons (Fsp3) is 0. The number of hydrogen-bond acceptors (Lipinski definition) is 0. The van der Waals surface area contributed by atoms with Gasteiger partial charge < -0.3 is 0 Å². The summed E-state index contributed by atoms with van der Waals surface area (Å²) >= 11 is 1.19. The van der Waals surface area contributed by atoms with Crippen molar-refractivity contribution < 1.29 is 0 Å². The molecule has 2 radical (unpaired) electrons. The Balaban J connectivity index is 3.07. The molecule has 0 aliphatic heterocycles. The average molecular weight is 223 g/mol. The number of hydrogen-bond donors (Lipinski definition) is 0. The third kappa shape index (κ3) is 1.86. The first-order valence-electron chi connectivity index (χ1n) is 2.81. The molecule has 0 spiro atoms. The third-order valence-corrected chi connectivity index (χ3v) is 2.17. The Bertz CT molecular complexity index is 216. The zero-order valence-electron chi connectivity index (χ0n) is 5.17. The van der Waals surface area contributed by atoms with Crippen LogP contribution >= 0.6 is 0 Å². The average Bonchev–Trinajstić information content (AvgIpc) is 1.88. The summed E-state index contributed by atoms with van der Waals surface area (Å²) < 4.78 is 1.41. The van der Waals surface area contributed by atoms with Crippen LogP contribution in [-0.2, 0) is 0 Å². The van der Waals surface area contributed by atoms with Gasteiger partial charge in [0.2, 0.25) is 0 Å². The molecule has 1 rings (SSSR count). The summed E-state index contributed by atoms with van der Waals surface area (Å²) in [4.78, 5) is 0. The second kappa shape index (κ2) is 3.06. The molecule has 0 aliphatic carbocycles. The zero-order valence-corrected chi connectivity index (χ0v) is 8.47. The van der Waals surface area contributed by atoms with Crippen LogP contribution in [0.25, 0.3) is 6.08 Å². The molecule has 0 bridgehead atoms. The van der Waals surface area contributed by atoms with Crippen LogP contribution < -0.4 is 3.58 Å². The Labute approximate surface area is 68.7 Å². The van der Waals surface area contributed by atoms with Crippen molar-refractivity contribution in [1.82, 2.24) is 0 Å². The van der Waals surface area contributed by atoms with Crippen molar-refractivity contribution in [3.8, 4) is 0 Å². The molecule has 0 nitrogen and oxygen atoms in total. The Morgan fingerprint density at radius 3 is 2.67 bits per heavy atom. The van der Waals surface area contributed by atoms with Crippen LogP contribution in [0.5, 0.6) is 0 Å². The Morgan fingerprint density at radius 2 is 2.22 bits per heavy atom. The molecular weight excluding hydrogens is 215 g/mol. The van der Waals surface area contributed by atoms with E-state index in [-0.39, 0.29) is 0 Å². The van der Waals surface area contributed by atoms with Gasteiger partial charge in [0, 0.05) is 0 Å². The zero-order chi connectivity index (χ0) is 6.69. The van der Waals surface area contributed by atoms with Gasteiger partial charge >= 0.3 is 68.6 Å². The van der Waals surface area contributed by atoms with Gasteiger partial charge in [-0.3, -0.25) is 0 Å². The topological polar surface area (TPSA) is 0 Å². The summed E-state index contributed by atoms with van der Waals surface area (Å²) in [6.07, 6.45) is 1.87. The van der Waals surface area contributed by atoms with Crippen LogP contribution in [0.15, 0.2) is 30.8 Å². The van der Waals surface area contributed by atoms with Crippen molar-refractivity contribution in [1.29, 1.82) is 0 Å². The van der Waals surface area contributed by atoms with Crippen molar-refractivity contribution in [2.45, 2.75) is 0 Å². The summed E-state index contributed by atoms with van der Waals surface area (Å²) in [5.74, 6) is 0. The number of benzene rings is 1. The molecule has 0 aromatic heterocycles. The standard InChI is InChI=1S/C8H7.Sn.H/c1-2-8-6-4-3-5-7-8;;/h2-4,6-7H,1H2;;. The minimum atomic E-state index is 1.19. The van der Waals surface area contributed by atoms with E-state index in [1.54, 1.807) is 0 Å². The maximum absolute atomic E-state index is 3.69. The first kappa shape index (κ1) is 6.87. The molecule has 0 amide bonds. The number of rotatable bonds is 1. The summed E-state index contributed by atoms with van der Waals surface area (Å²) in [5, 5.41) is 0. The van der Waals surface area contributed by atoms with Gasteiger partial charge in [-0.15, -0.1) is 0 Å². The molecular formula is C8H8Sn. The van der Waals surface area contributed by atoms with Crippen LogP contribution in [0.1, 0.15) is 5.56 Å². The van der Waals surface area contributed by atoms with Crippen molar-refractivity contribution in [3.63, 3.8) is 0 Å². The molecule has 1 aromatic rings. The van der Waals surface area contributed by atoms with Crippen molar-refractivity contribution in [3.05, 3.63) is 36.4 Å². The van der Waals surface area contributed by atoms with Crippen LogP contribution in [-0.4, -0.2) is 22.5 Å². The third-order valence-electron chi connectivity index (χ3n) is 1.15. The van der Waals surface area contributed by atoms with Crippen molar-refractivity contribution in [2.24, 2.45) is 0 Å². The van der Waals surface area contributed by atoms with E-state index < -0.39 is 0 Å². The fourth-order valence-electron chi connectivity index (χ4n) is 0.686. The molecule has 0 fully saturated rings. The van der Waals surface area contributed by atoms with Gasteiger partial charge in [-0.05, 0) is 0 Å². The van der Waals surface area contributed by atoms with E-state index in [0.29, 0.717) is 0 Å². The van der Waals surface area contributed by atoms with Gasteiger partial charge in [0.05, 0.1) is 0 Å². The van der Waals surface area contributed by atoms with E-state index in [2.05, 4.69) is 30.8 Å². The Morgan fingerprint density at radius 1 is 1.44 bits per heavy atom. The van der Waals surface area contributed by atoms with E-state index >= 15 is 0 Å². The molecule has 0 N–H and O–H groups in total. The first-order valence-corrected chi connectivity index (χ1v) is 4.45. The van der Waals surface area contributed by atoms with Crippen LogP contribution in [0.2, 0.25) is 0 Å². The van der Waals surface area contributed by atoms with E-state index in [4.69, 9.17) is 0 Å². The maximum atomic E-state index is 3.69. The van der Waals surface area contributed by atoms with Gasteiger partial charge in [0.15, 0.2) is 0 Å². The van der Waals surface area contributed by atoms with Gasteiger partial charge in [-0.25, -0.2) is 0 Å². The quantitative estimate of drug-likeness (QED) is 0.619. The summed E-state index contributed by atoms with van der Waals surface area (Å²) in [5.41, 5.74) is 1.22. The molecule has 44 valence electrons. The SMILES string of the molecule is C=Cc1ccc[c]([SnH])c1. The molecule has 0 aliphatic rings. The van der Waals surface area contributed by atoms with Crippen LogP contribution in [0.3, 0.4) is 0 Å². The fourth-order valence-corrected chi connectivity index (χ4v) is 1.55. The van der Waals surface area contributed by atoms with Crippen molar-refractivity contribution in [2.75, 3.05) is 0 Å². The summed E-state index contributed by atoms with van der Waals surface area (Å²) in [6.45, 7) is 3.69. The molecule has 9 heavy (non-hydrogen) atoms. The second-order valence-corrected chi connectivity index (χ2v) is 3.78. The predicted octanol–water partition coefficient (Wildman–Crippen LogP) is 0.856. The second-order valence-electron chi connectivity index (χ2n) is 1.87. The summed E-state index contributed by atoms with van der Waals surface area (Å²) in [7, 11) is 0. The van der Waals surface area contributed by atoms with Gasteiger partial charge in [-0.2, -0.15) is 0 Å². The van der Waals surface area contributed by atoms with Gasteiger partial charge in [0.1, 0.15) is 0 Å². The van der Waals surface area contributed by atoms with Crippen LogP contribution in [0, 0.1) is 0 Å².